The van der Waals surface area contributed by atoms with Crippen molar-refractivity contribution in [2.45, 2.75) is 20.3 Å². The molecular weight excluding hydrogens is 264 g/mol. The summed E-state index contributed by atoms with van der Waals surface area (Å²) in [6, 6.07) is 10.5. The number of hydrogen-bond donors (Lipinski definition) is 1. The van der Waals surface area contributed by atoms with Crippen LogP contribution in [-0.2, 0) is 6.42 Å². The molecule has 0 radical (unpaired) electrons. The fraction of sp³-hybridized carbons (Fsp3) is 0.167. The van der Waals surface area contributed by atoms with Crippen molar-refractivity contribution in [3.8, 4) is 5.75 Å². The number of allylic oxidation sites excluding steroid dienone is 2. The number of fused-ring (bicyclic) bond motifs is 2. The molecule has 1 N–H and O–H groups in total. The molecule has 106 valence electrons. The number of hydrogen-bond acceptors (Lipinski definition) is 3. The van der Waals surface area contributed by atoms with E-state index in [0.29, 0.717) is 23.0 Å². The highest BCUT2D eigenvalue weighted by Gasteiger charge is 2.14. The second kappa shape index (κ2) is 5.09. The van der Waals surface area contributed by atoms with Gasteiger partial charge in [0.2, 0.25) is 5.43 Å². The first kappa shape index (κ1) is 13.4. The molecule has 0 spiro atoms. The smallest absolute Gasteiger partial charge is 0.204 e. The molecule has 0 fully saturated rings. The van der Waals surface area contributed by atoms with Gasteiger partial charge >= 0.3 is 0 Å². The molecule has 3 nitrogen and oxygen atoms in total. The summed E-state index contributed by atoms with van der Waals surface area (Å²) < 4.78 is 5.88. The minimum atomic E-state index is -0.191. The van der Waals surface area contributed by atoms with E-state index in [1.807, 2.05) is 19.9 Å². The van der Waals surface area contributed by atoms with Crippen LogP contribution in [0.1, 0.15) is 19.4 Å². The first-order valence-electron chi connectivity index (χ1n) is 6.87. The van der Waals surface area contributed by atoms with E-state index < -0.39 is 0 Å². The van der Waals surface area contributed by atoms with Crippen LogP contribution in [0.25, 0.3) is 21.9 Å². The lowest BCUT2D eigenvalue weighted by atomic mass is 10.0. The number of benzene rings is 2. The zero-order valence-electron chi connectivity index (χ0n) is 12.0. The number of phenolic OH excluding ortho intramolecular Hbond substituents is 1. The number of para-hydroxylation sites is 1. The Morgan fingerprint density at radius 3 is 2.71 bits per heavy atom. The van der Waals surface area contributed by atoms with Gasteiger partial charge in [-0.25, -0.2) is 0 Å². The molecule has 21 heavy (non-hydrogen) atoms. The maximum Gasteiger partial charge on any atom is 0.204 e. The Bertz CT molecular complexity index is 913. The quantitative estimate of drug-likeness (QED) is 0.566. The summed E-state index contributed by atoms with van der Waals surface area (Å²) in [6.07, 6.45) is 2.74. The van der Waals surface area contributed by atoms with Crippen molar-refractivity contribution < 1.29 is 9.52 Å². The summed E-state index contributed by atoms with van der Waals surface area (Å²) >= 11 is 0. The molecule has 0 atom stereocenters. The fourth-order valence-corrected chi connectivity index (χ4v) is 2.41. The van der Waals surface area contributed by atoms with Gasteiger partial charge in [-0.15, -0.1) is 0 Å². The van der Waals surface area contributed by atoms with Gasteiger partial charge in [0.15, 0.2) is 0 Å². The fourth-order valence-electron chi connectivity index (χ4n) is 2.41. The monoisotopic (exact) mass is 280 g/mol. The molecule has 3 heteroatoms. The first-order chi connectivity index (χ1) is 10.1. The van der Waals surface area contributed by atoms with Gasteiger partial charge < -0.3 is 9.52 Å². The lowest BCUT2D eigenvalue weighted by molar-refractivity contribution is 0.480. The standard InChI is InChI=1S/C18H16O3/c1-11(2)7-8-12-9-10-14(19)16-17(20)13-5-3-4-6-15(13)21-18(12)16/h3-7,9-10,19H,8H2,1-2H3. The van der Waals surface area contributed by atoms with Crippen molar-refractivity contribution in [3.63, 3.8) is 0 Å². The maximum atomic E-state index is 12.6. The Labute approximate surface area is 122 Å². The Kier molecular flexibility index (Phi) is 3.26. The van der Waals surface area contributed by atoms with Crippen LogP contribution >= 0.6 is 0 Å². The van der Waals surface area contributed by atoms with Gasteiger partial charge in [0, 0.05) is 0 Å². The van der Waals surface area contributed by atoms with E-state index in [2.05, 4.69) is 6.08 Å². The number of phenols is 1. The van der Waals surface area contributed by atoms with E-state index in [0.717, 1.165) is 5.56 Å². The highest BCUT2D eigenvalue weighted by Crippen LogP contribution is 2.28. The first-order valence-corrected chi connectivity index (χ1v) is 6.87. The van der Waals surface area contributed by atoms with Crippen molar-refractivity contribution in [1.29, 1.82) is 0 Å². The molecule has 0 amide bonds. The lowest BCUT2D eigenvalue weighted by Gasteiger charge is -2.07. The van der Waals surface area contributed by atoms with Crippen LogP contribution in [0.5, 0.6) is 5.75 Å². The second-order valence-corrected chi connectivity index (χ2v) is 5.36. The van der Waals surface area contributed by atoms with Gasteiger partial charge in [-0.3, -0.25) is 4.79 Å². The van der Waals surface area contributed by atoms with Gasteiger partial charge in [-0.05, 0) is 44.0 Å². The summed E-state index contributed by atoms with van der Waals surface area (Å²) in [5.74, 6) is -0.0366. The third kappa shape index (κ3) is 2.31. The van der Waals surface area contributed by atoms with Crippen LogP contribution in [-0.4, -0.2) is 5.11 Å². The maximum absolute atomic E-state index is 12.6. The van der Waals surface area contributed by atoms with E-state index in [-0.39, 0.29) is 16.6 Å². The predicted molar refractivity (Wildman–Crippen MR) is 84.8 cm³/mol. The number of rotatable bonds is 2. The summed E-state index contributed by atoms with van der Waals surface area (Å²) in [6.45, 7) is 4.04. The molecule has 0 saturated carbocycles. The van der Waals surface area contributed by atoms with Gasteiger partial charge in [-0.2, -0.15) is 0 Å². The SMILES string of the molecule is CC(C)=CCc1ccc(O)c2c(=O)c3ccccc3oc12. The Balaban J connectivity index is 2.40. The van der Waals surface area contributed by atoms with Crippen molar-refractivity contribution in [2.75, 3.05) is 0 Å². The molecule has 0 aliphatic heterocycles. The van der Waals surface area contributed by atoms with Crippen LogP contribution in [0.3, 0.4) is 0 Å². The van der Waals surface area contributed by atoms with Crippen LogP contribution in [0.2, 0.25) is 0 Å². The average Bonchev–Trinajstić information content (AvgIpc) is 2.46. The predicted octanol–water partition coefficient (Wildman–Crippen LogP) is 4.16. The van der Waals surface area contributed by atoms with Crippen LogP contribution < -0.4 is 5.43 Å². The minimum Gasteiger partial charge on any atom is -0.507 e. The van der Waals surface area contributed by atoms with E-state index >= 15 is 0 Å². The molecule has 3 aromatic rings. The van der Waals surface area contributed by atoms with E-state index in [4.69, 9.17) is 4.42 Å². The van der Waals surface area contributed by atoms with Crippen LogP contribution in [0, 0.1) is 0 Å². The van der Waals surface area contributed by atoms with Crippen molar-refractivity contribution >= 4 is 21.9 Å². The molecule has 3 rings (SSSR count). The largest absolute Gasteiger partial charge is 0.507 e. The van der Waals surface area contributed by atoms with E-state index in [9.17, 15) is 9.90 Å². The Hall–Kier alpha value is -2.55. The zero-order chi connectivity index (χ0) is 15.0. The molecule has 2 aromatic carbocycles. The van der Waals surface area contributed by atoms with Crippen molar-refractivity contribution in [2.24, 2.45) is 0 Å². The Morgan fingerprint density at radius 1 is 1.19 bits per heavy atom. The van der Waals surface area contributed by atoms with E-state index in [1.165, 1.54) is 5.57 Å². The normalized spacial score (nSPS) is 11.0. The van der Waals surface area contributed by atoms with Gasteiger partial charge in [-0.1, -0.05) is 29.8 Å². The van der Waals surface area contributed by atoms with Gasteiger partial charge in [0.05, 0.1) is 5.39 Å². The topological polar surface area (TPSA) is 50.4 Å². The van der Waals surface area contributed by atoms with Crippen LogP contribution in [0.15, 0.2) is 57.3 Å². The molecular formula is C18H16O3. The third-order valence-corrected chi connectivity index (χ3v) is 3.52. The highest BCUT2D eigenvalue weighted by molar-refractivity contribution is 5.94. The Morgan fingerprint density at radius 2 is 1.95 bits per heavy atom. The van der Waals surface area contributed by atoms with Crippen molar-refractivity contribution in [1.82, 2.24) is 0 Å². The molecule has 0 bridgehead atoms. The van der Waals surface area contributed by atoms with Crippen molar-refractivity contribution in [3.05, 3.63) is 63.8 Å². The molecule has 0 aliphatic rings. The molecule has 0 unspecified atom stereocenters. The summed E-state index contributed by atoms with van der Waals surface area (Å²) in [5, 5.41) is 10.8. The highest BCUT2D eigenvalue weighted by atomic mass is 16.3. The van der Waals surface area contributed by atoms with Gasteiger partial charge in [0.25, 0.3) is 0 Å². The zero-order valence-corrected chi connectivity index (χ0v) is 12.0. The van der Waals surface area contributed by atoms with Gasteiger partial charge in [0.1, 0.15) is 22.3 Å². The molecule has 1 heterocycles. The molecule has 0 aliphatic carbocycles. The molecule has 0 saturated heterocycles. The summed E-state index contributed by atoms with van der Waals surface area (Å²) in [5.41, 5.74) is 2.91. The lowest BCUT2D eigenvalue weighted by Crippen LogP contribution is -2.03. The third-order valence-electron chi connectivity index (χ3n) is 3.52. The number of aromatic hydroxyl groups is 1. The summed E-state index contributed by atoms with van der Waals surface area (Å²) in [7, 11) is 0. The minimum absolute atomic E-state index is 0.0366. The van der Waals surface area contributed by atoms with E-state index in [1.54, 1.807) is 30.3 Å². The second-order valence-electron chi connectivity index (χ2n) is 5.36. The molecule has 1 aromatic heterocycles. The summed E-state index contributed by atoms with van der Waals surface area (Å²) in [4.78, 5) is 12.6. The van der Waals surface area contributed by atoms with Crippen LogP contribution in [0.4, 0.5) is 0 Å². The average molecular weight is 280 g/mol.